The fraction of sp³-hybridized carbons (Fsp3) is 0.588. The molecule has 1 fully saturated rings. The number of hydrogen-bond donors (Lipinski definition) is 1. The predicted octanol–water partition coefficient (Wildman–Crippen LogP) is 4.16. The van der Waals surface area contributed by atoms with Gasteiger partial charge in [-0.15, -0.1) is 0 Å². The third kappa shape index (κ3) is 5.03. The summed E-state index contributed by atoms with van der Waals surface area (Å²) in [7, 11) is 0. The minimum atomic E-state index is -0.00336. The molecule has 1 aromatic rings. The number of carbonyl (C=O) groups excluding carboxylic acids is 1. The van der Waals surface area contributed by atoms with Crippen LogP contribution < -0.4 is 10.1 Å². The summed E-state index contributed by atoms with van der Waals surface area (Å²) in [6.07, 6.45) is 5.10. The third-order valence-electron chi connectivity index (χ3n) is 3.83. The number of rotatable bonds is 5. The number of alkyl halides is 1. The van der Waals surface area contributed by atoms with E-state index in [0.29, 0.717) is 16.3 Å². The van der Waals surface area contributed by atoms with Gasteiger partial charge in [-0.25, -0.2) is 0 Å². The van der Waals surface area contributed by atoms with Crippen LogP contribution >= 0.6 is 15.9 Å². The van der Waals surface area contributed by atoms with Crippen molar-refractivity contribution in [3.63, 3.8) is 0 Å². The van der Waals surface area contributed by atoms with Crippen molar-refractivity contribution in [2.75, 3.05) is 6.54 Å². The van der Waals surface area contributed by atoms with Gasteiger partial charge in [-0.05, 0) is 56.9 Å². The number of halogens is 1. The Morgan fingerprint density at radius 2 is 1.95 bits per heavy atom. The maximum Gasteiger partial charge on any atom is 0.251 e. The Bertz CT molecular complexity index is 458. The molecule has 2 atom stereocenters. The monoisotopic (exact) mass is 353 g/mol. The van der Waals surface area contributed by atoms with Gasteiger partial charge in [0.2, 0.25) is 0 Å². The van der Waals surface area contributed by atoms with Gasteiger partial charge in [0.05, 0.1) is 6.10 Å². The second-order valence-corrected chi connectivity index (χ2v) is 7.14. The molecular formula is C17H24BrNO2. The molecule has 0 spiro atoms. The Kier molecular flexibility index (Phi) is 6.09. The van der Waals surface area contributed by atoms with Gasteiger partial charge in [0.25, 0.3) is 5.91 Å². The molecule has 2 rings (SSSR count). The van der Waals surface area contributed by atoms with E-state index in [1.165, 1.54) is 25.7 Å². The second-order valence-electron chi connectivity index (χ2n) is 5.96. The molecule has 0 heterocycles. The molecule has 1 aromatic carbocycles. The van der Waals surface area contributed by atoms with Crippen molar-refractivity contribution in [1.29, 1.82) is 0 Å². The first-order chi connectivity index (χ1) is 10.1. The van der Waals surface area contributed by atoms with Crippen LogP contribution in [-0.4, -0.2) is 23.4 Å². The van der Waals surface area contributed by atoms with E-state index in [1.807, 2.05) is 38.1 Å². The van der Waals surface area contributed by atoms with Crippen LogP contribution in [0.3, 0.4) is 0 Å². The summed E-state index contributed by atoms with van der Waals surface area (Å²) >= 11 is 3.73. The maximum absolute atomic E-state index is 12.2. The van der Waals surface area contributed by atoms with Crippen LogP contribution in [0.2, 0.25) is 0 Å². The summed E-state index contributed by atoms with van der Waals surface area (Å²) in [5, 5.41) is 3.05. The Morgan fingerprint density at radius 3 is 2.57 bits per heavy atom. The first-order valence-corrected chi connectivity index (χ1v) is 8.67. The van der Waals surface area contributed by atoms with Crippen LogP contribution in [-0.2, 0) is 0 Å². The summed E-state index contributed by atoms with van der Waals surface area (Å²) in [5.41, 5.74) is 0.688. The zero-order valence-electron chi connectivity index (χ0n) is 12.8. The van der Waals surface area contributed by atoms with Crippen molar-refractivity contribution in [2.45, 2.75) is 50.5 Å². The van der Waals surface area contributed by atoms with Crippen LogP contribution in [0.4, 0.5) is 0 Å². The van der Waals surface area contributed by atoms with Gasteiger partial charge in [0, 0.05) is 16.9 Å². The lowest BCUT2D eigenvalue weighted by Crippen LogP contribution is -2.34. The van der Waals surface area contributed by atoms with Crippen LogP contribution in [0, 0.1) is 5.92 Å². The lowest BCUT2D eigenvalue weighted by Gasteiger charge is -2.27. The van der Waals surface area contributed by atoms with Gasteiger partial charge in [0.1, 0.15) is 5.75 Å². The Balaban J connectivity index is 1.85. The van der Waals surface area contributed by atoms with Crippen LogP contribution in [0.25, 0.3) is 0 Å². The highest BCUT2D eigenvalue weighted by atomic mass is 79.9. The molecular weight excluding hydrogens is 330 g/mol. The van der Waals surface area contributed by atoms with Crippen molar-refractivity contribution in [3.05, 3.63) is 29.8 Å². The smallest absolute Gasteiger partial charge is 0.251 e. The first-order valence-electron chi connectivity index (χ1n) is 7.75. The number of nitrogens with one attached hydrogen (secondary N) is 1. The molecule has 1 aliphatic rings. The van der Waals surface area contributed by atoms with E-state index < -0.39 is 0 Å². The van der Waals surface area contributed by atoms with Crippen molar-refractivity contribution >= 4 is 21.8 Å². The quantitative estimate of drug-likeness (QED) is 0.807. The van der Waals surface area contributed by atoms with Crippen molar-refractivity contribution in [1.82, 2.24) is 5.32 Å². The molecule has 2 unspecified atom stereocenters. The summed E-state index contributed by atoms with van der Waals surface area (Å²) in [4.78, 5) is 12.7. The topological polar surface area (TPSA) is 38.3 Å². The Hall–Kier alpha value is -1.03. The standard InChI is InChI=1S/C17H24BrNO2/c1-12(2)21-15-9-7-13(8-10-15)17(20)19-11-14-5-3-4-6-16(14)18/h7-10,12,14,16H,3-6,11H2,1-2H3,(H,19,20). The SMILES string of the molecule is CC(C)Oc1ccc(C(=O)NCC2CCCCC2Br)cc1. The zero-order valence-corrected chi connectivity index (χ0v) is 14.4. The molecule has 1 aliphatic carbocycles. The highest BCUT2D eigenvalue weighted by Gasteiger charge is 2.23. The minimum absolute atomic E-state index is 0.00336. The lowest BCUT2D eigenvalue weighted by atomic mass is 9.89. The summed E-state index contributed by atoms with van der Waals surface area (Å²) in [6.45, 7) is 4.72. The van der Waals surface area contributed by atoms with Crippen LogP contribution in [0.15, 0.2) is 24.3 Å². The third-order valence-corrected chi connectivity index (χ3v) is 5.03. The molecule has 0 aliphatic heterocycles. The fourth-order valence-corrected chi connectivity index (χ4v) is 3.45. The Labute approximate surface area is 135 Å². The zero-order chi connectivity index (χ0) is 15.2. The second kappa shape index (κ2) is 7.83. The number of amides is 1. The molecule has 116 valence electrons. The van der Waals surface area contributed by atoms with E-state index in [9.17, 15) is 4.79 Å². The molecule has 0 radical (unpaired) electrons. The van der Waals surface area contributed by atoms with Crippen LogP contribution in [0.1, 0.15) is 49.9 Å². The molecule has 1 N–H and O–H groups in total. The van der Waals surface area contributed by atoms with Gasteiger partial charge in [-0.2, -0.15) is 0 Å². The molecule has 21 heavy (non-hydrogen) atoms. The molecule has 1 amide bonds. The lowest BCUT2D eigenvalue weighted by molar-refractivity contribution is 0.0944. The van der Waals surface area contributed by atoms with Crippen molar-refractivity contribution in [3.8, 4) is 5.75 Å². The van der Waals surface area contributed by atoms with E-state index in [-0.39, 0.29) is 12.0 Å². The van der Waals surface area contributed by atoms with Crippen LogP contribution in [0.5, 0.6) is 5.75 Å². The van der Waals surface area contributed by atoms with E-state index in [0.717, 1.165) is 12.3 Å². The average molecular weight is 354 g/mol. The van der Waals surface area contributed by atoms with E-state index >= 15 is 0 Å². The van der Waals surface area contributed by atoms with E-state index in [2.05, 4.69) is 21.2 Å². The molecule has 4 heteroatoms. The summed E-state index contributed by atoms with van der Waals surface area (Å²) in [6, 6.07) is 7.34. The average Bonchev–Trinajstić information content (AvgIpc) is 2.46. The normalized spacial score (nSPS) is 22.1. The molecule has 0 bridgehead atoms. The molecule has 3 nitrogen and oxygen atoms in total. The number of carbonyl (C=O) groups is 1. The number of hydrogen-bond acceptors (Lipinski definition) is 2. The predicted molar refractivity (Wildman–Crippen MR) is 89.2 cm³/mol. The highest BCUT2D eigenvalue weighted by Crippen LogP contribution is 2.29. The van der Waals surface area contributed by atoms with E-state index in [1.54, 1.807) is 0 Å². The van der Waals surface area contributed by atoms with Crippen molar-refractivity contribution in [2.24, 2.45) is 5.92 Å². The maximum atomic E-state index is 12.2. The van der Waals surface area contributed by atoms with Gasteiger partial charge in [0.15, 0.2) is 0 Å². The minimum Gasteiger partial charge on any atom is -0.491 e. The van der Waals surface area contributed by atoms with Gasteiger partial charge in [-0.1, -0.05) is 28.8 Å². The number of benzene rings is 1. The summed E-state index contributed by atoms with van der Waals surface area (Å²) in [5.74, 6) is 1.34. The van der Waals surface area contributed by atoms with Gasteiger partial charge in [-0.3, -0.25) is 4.79 Å². The molecule has 0 saturated heterocycles. The number of ether oxygens (including phenoxy) is 1. The fourth-order valence-electron chi connectivity index (χ4n) is 2.68. The largest absolute Gasteiger partial charge is 0.491 e. The first kappa shape index (κ1) is 16.3. The highest BCUT2D eigenvalue weighted by molar-refractivity contribution is 9.09. The molecule has 1 saturated carbocycles. The Morgan fingerprint density at radius 1 is 1.29 bits per heavy atom. The van der Waals surface area contributed by atoms with Crippen molar-refractivity contribution < 1.29 is 9.53 Å². The van der Waals surface area contributed by atoms with E-state index in [4.69, 9.17) is 4.74 Å². The molecule has 0 aromatic heterocycles. The van der Waals surface area contributed by atoms with Gasteiger partial charge < -0.3 is 10.1 Å². The summed E-state index contributed by atoms with van der Waals surface area (Å²) < 4.78 is 5.58. The van der Waals surface area contributed by atoms with Gasteiger partial charge >= 0.3 is 0 Å².